The molecule has 3 aromatic rings. The molecule has 0 unspecified atom stereocenters. The number of fused-ring (bicyclic) bond motifs is 1. The maximum atomic E-state index is 12.6. The summed E-state index contributed by atoms with van der Waals surface area (Å²) in [6, 6.07) is 12.7. The van der Waals surface area contributed by atoms with Crippen molar-refractivity contribution in [3.63, 3.8) is 0 Å². The van der Waals surface area contributed by atoms with Gasteiger partial charge in [0, 0.05) is 5.56 Å². The van der Waals surface area contributed by atoms with Crippen molar-refractivity contribution in [3.05, 3.63) is 64.4 Å². The molecule has 0 atom stereocenters. The van der Waals surface area contributed by atoms with E-state index in [0.29, 0.717) is 39.1 Å². The molecule has 0 bridgehead atoms. The van der Waals surface area contributed by atoms with Crippen LogP contribution in [0.1, 0.15) is 21.7 Å². The van der Waals surface area contributed by atoms with Crippen LogP contribution in [0.25, 0.3) is 11.3 Å². The summed E-state index contributed by atoms with van der Waals surface area (Å²) >= 11 is 6.15. The Hall–Kier alpha value is -2.99. The van der Waals surface area contributed by atoms with Crippen molar-refractivity contribution in [2.24, 2.45) is 0 Å². The molecule has 0 saturated heterocycles. The predicted octanol–water partition coefficient (Wildman–Crippen LogP) is 4.39. The van der Waals surface area contributed by atoms with Crippen molar-refractivity contribution in [2.45, 2.75) is 13.5 Å². The number of hydrogen-bond acceptors (Lipinski definition) is 6. The molecule has 4 rings (SSSR count). The molecule has 132 valence electrons. The van der Waals surface area contributed by atoms with Crippen molar-refractivity contribution in [3.8, 4) is 22.8 Å². The highest BCUT2D eigenvalue weighted by molar-refractivity contribution is 6.32. The number of esters is 1. The van der Waals surface area contributed by atoms with Crippen molar-refractivity contribution in [2.75, 3.05) is 6.79 Å². The first-order valence-corrected chi connectivity index (χ1v) is 8.28. The van der Waals surface area contributed by atoms with Crippen molar-refractivity contribution < 1.29 is 23.5 Å². The molecule has 6 nitrogen and oxygen atoms in total. The highest BCUT2D eigenvalue weighted by Gasteiger charge is 2.24. The van der Waals surface area contributed by atoms with Crippen LogP contribution < -0.4 is 9.47 Å². The fourth-order valence-corrected chi connectivity index (χ4v) is 3.02. The second-order valence-corrected chi connectivity index (χ2v) is 6.12. The third kappa shape index (κ3) is 2.99. The van der Waals surface area contributed by atoms with E-state index in [9.17, 15) is 4.79 Å². The zero-order chi connectivity index (χ0) is 18.1. The number of aromatic nitrogens is 1. The quantitative estimate of drug-likeness (QED) is 0.633. The van der Waals surface area contributed by atoms with E-state index in [1.54, 1.807) is 19.1 Å². The first kappa shape index (κ1) is 16.5. The second kappa shape index (κ2) is 6.72. The average Bonchev–Trinajstić information content (AvgIpc) is 3.27. The summed E-state index contributed by atoms with van der Waals surface area (Å²) in [5, 5.41) is 4.40. The van der Waals surface area contributed by atoms with Gasteiger partial charge in [0.2, 0.25) is 6.79 Å². The zero-order valence-corrected chi connectivity index (χ0v) is 14.6. The van der Waals surface area contributed by atoms with Crippen LogP contribution in [0.4, 0.5) is 0 Å². The molecule has 0 spiro atoms. The lowest BCUT2D eigenvalue weighted by Crippen LogP contribution is -2.07. The van der Waals surface area contributed by atoms with E-state index >= 15 is 0 Å². The molecule has 1 aliphatic rings. The minimum Gasteiger partial charge on any atom is -0.457 e. The van der Waals surface area contributed by atoms with E-state index in [1.807, 2.05) is 30.3 Å². The third-order valence-electron chi connectivity index (χ3n) is 3.97. The number of aryl methyl sites for hydroxylation is 1. The van der Waals surface area contributed by atoms with Crippen LogP contribution in [0, 0.1) is 6.92 Å². The molecule has 1 aromatic heterocycles. The Morgan fingerprint density at radius 3 is 2.85 bits per heavy atom. The highest BCUT2D eigenvalue weighted by atomic mass is 35.5. The topological polar surface area (TPSA) is 70.8 Å². The van der Waals surface area contributed by atoms with Crippen molar-refractivity contribution in [1.82, 2.24) is 5.16 Å². The Kier molecular flexibility index (Phi) is 4.26. The van der Waals surface area contributed by atoms with Crippen LogP contribution in [0.5, 0.6) is 11.5 Å². The van der Waals surface area contributed by atoms with Crippen LogP contribution in [0.2, 0.25) is 5.02 Å². The van der Waals surface area contributed by atoms with E-state index in [1.165, 1.54) is 0 Å². The summed E-state index contributed by atoms with van der Waals surface area (Å²) in [4.78, 5) is 12.6. The maximum Gasteiger partial charge on any atom is 0.344 e. The van der Waals surface area contributed by atoms with Gasteiger partial charge in [0.05, 0.1) is 5.02 Å². The number of halogens is 1. The minimum atomic E-state index is -0.517. The van der Waals surface area contributed by atoms with E-state index in [4.69, 9.17) is 30.3 Å². The molecule has 0 fully saturated rings. The fraction of sp³-hybridized carbons (Fsp3) is 0.158. The van der Waals surface area contributed by atoms with Gasteiger partial charge in [0.1, 0.15) is 23.6 Å². The SMILES string of the molecule is Cc1onc(-c2ccccc2)c1C(=O)OCc1cc(Cl)c2c(c1)OCO2. The maximum absolute atomic E-state index is 12.6. The van der Waals surface area contributed by atoms with Crippen LogP contribution in [-0.4, -0.2) is 17.9 Å². The smallest absolute Gasteiger partial charge is 0.344 e. The van der Waals surface area contributed by atoms with Gasteiger partial charge in [-0.05, 0) is 24.6 Å². The molecule has 2 aromatic carbocycles. The molecular weight excluding hydrogens is 358 g/mol. The third-order valence-corrected chi connectivity index (χ3v) is 4.25. The average molecular weight is 372 g/mol. The number of hydrogen-bond donors (Lipinski definition) is 0. The number of benzene rings is 2. The molecule has 0 amide bonds. The van der Waals surface area contributed by atoms with Crippen molar-refractivity contribution in [1.29, 1.82) is 0 Å². The number of rotatable bonds is 4. The number of ether oxygens (including phenoxy) is 3. The monoisotopic (exact) mass is 371 g/mol. The van der Waals surface area contributed by atoms with E-state index in [2.05, 4.69) is 5.16 Å². The van der Waals surface area contributed by atoms with Crippen LogP contribution >= 0.6 is 11.6 Å². The van der Waals surface area contributed by atoms with Gasteiger partial charge in [0.15, 0.2) is 11.5 Å². The molecule has 0 N–H and O–H groups in total. The Bertz CT molecular complexity index is 968. The summed E-state index contributed by atoms with van der Waals surface area (Å²) in [6.07, 6.45) is 0. The molecule has 1 aliphatic heterocycles. The Balaban J connectivity index is 1.55. The Labute approximate surface area is 154 Å². The number of carbonyl (C=O) groups excluding carboxylic acids is 1. The van der Waals surface area contributed by atoms with Gasteiger partial charge in [-0.2, -0.15) is 0 Å². The van der Waals surface area contributed by atoms with E-state index in [-0.39, 0.29) is 13.4 Å². The van der Waals surface area contributed by atoms with Crippen LogP contribution in [0.3, 0.4) is 0 Å². The lowest BCUT2D eigenvalue weighted by atomic mass is 10.1. The van der Waals surface area contributed by atoms with E-state index < -0.39 is 5.97 Å². The first-order chi connectivity index (χ1) is 12.6. The first-order valence-electron chi connectivity index (χ1n) is 7.90. The summed E-state index contributed by atoms with van der Waals surface area (Å²) in [5.41, 5.74) is 2.24. The van der Waals surface area contributed by atoms with Gasteiger partial charge in [-0.1, -0.05) is 47.1 Å². The molecular formula is C19H14ClNO5. The largest absolute Gasteiger partial charge is 0.457 e. The highest BCUT2D eigenvalue weighted by Crippen LogP contribution is 2.40. The van der Waals surface area contributed by atoms with Gasteiger partial charge < -0.3 is 18.7 Å². The van der Waals surface area contributed by atoms with Crippen LogP contribution in [-0.2, 0) is 11.3 Å². The standard InChI is InChI=1S/C19H14ClNO5/c1-11-16(17(21-26-11)13-5-3-2-4-6-13)19(22)23-9-12-7-14(20)18-15(8-12)24-10-25-18/h2-8H,9-10H2,1H3. The Morgan fingerprint density at radius 1 is 1.23 bits per heavy atom. The van der Waals surface area contributed by atoms with Crippen molar-refractivity contribution >= 4 is 17.6 Å². The van der Waals surface area contributed by atoms with E-state index in [0.717, 1.165) is 5.56 Å². The molecule has 2 heterocycles. The van der Waals surface area contributed by atoms with Gasteiger partial charge in [-0.15, -0.1) is 0 Å². The van der Waals surface area contributed by atoms with Crippen LogP contribution in [0.15, 0.2) is 47.0 Å². The molecule has 0 aliphatic carbocycles. The number of carbonyl (C=O) groups is 1. The predicted molar refractivity (Wildman–Crippen MR) is 93.4 cm³/mol. The molecule has 26 heavy (non-hydrogen) atoms. The summed E-state index contributed by atoms with van der Waals surface area (Å²) < 4.78 is 21.2. The minimum absolute atomic E-state index is 0.0358. The lowest BCUT2D eigenvalue weighted by molar-refractivity contribution is 0.0471. The number of nitrogens with zero attached hydrogens (tertiary/aromatic N) is 1. The Morgan fingerprint density at radius 2 is 2.04 bits per heavy atom. The van der Waals surface area contributed by atoms with Gasteiger partial charge in [-0.25, -0.2) is 4.79 Å². The summed E-state index contributed by atoms with van der Waals surface area (Å²) in [5.74, 6) is 0.923. The molecule has 0 radical (unpaired) electrons. The van der Waals surface area contributed by atoms with Gasteiger partial charge in [-0.3, -0.25) is 0 Å². The summed E-state index contributed by atoms with van der Waals surface area (Å²) in [6.45, 7) is 1.83. The zero-order valence-electron chi connectivity index (χ0n) is 13.8. The fourth-order valence-electron chi connectivity index (χ4n) is 2.73. The lowest BCUT2D eigenvalue weighted by Gasteiger charge is -2.07. The van der Waals surface area contributed by atoms with Gasteiger partial charge in [0.25, 0.3) is 0 Å². The molecule has 0 saturated carbocycles. The summed E-state index contributed by atoms with van der Waals surface area (Å²) in [7, 11) is 0. The second-order valence-electron chi connectivity index (χ2n) is 5.72. The normalized spacial score (nSPS) is 12.2. The van der Waals surface area contributed by atoms with Gasteiger partial charge >= 0.3 is 5.97 Å². The molecule has 7 heteroatoms.